The summed E-state index contributed by atoms with van der Waals surface area (Å²) in [4.78, 5) is 27.0. The maximum atomic E-state index is 13.6. The molecule has 0 saturated carbocycles. The number of ether oxygens (including phenoxy) is 1. The van der Waals surface area contributed by atoms with Gasteiger partial charge >= 0.3 is 0 Å². The first-order chi connectivity index (χ1) is 15.5. The molecule has 1 saturated heterocycles. The number of carbonyl (C=O) groups is 1. The third-order valence-corrected chi connectivity index (χ3v) is 6.69. The summed E-state index contributed by atoms with van der Waals surface area (Å²) >= 11 is 0. The quantitative estimate of drug-likeness (QED) is 0.718. The maximum Gasteiger partial charge on any atom is 0.231 e. The summed E-state index contributed by atoms with van der Waals surface area (Å²) in [6.45, 7) is 10.1. The van der Waals surface area contributed by atoms with E-state index in [9.17, 15) is 4.79 Å². The SMILES string of the molecule is COc1ccc(C(CNC(C)C)C(=O)N2CCN(c3ncnc4c3C(C)CC4)CC2)cc1. The van der Waals surface area contributed by atoms with Crippen molar-refractivity contribution in [3.05, 3.63) is 47.4 Å². The van der Waals surface area contributed by atoms with E-state index in [-0.39, 0.29) is 11.8 Å². The Morgan fingerprint density at radius 2 is 1.88 bits per heavy atom. The molecule has 2 heterocycles. The van der Waals surface area contributed by atoms with Crippen molar-refractivity contribution in [3.8, 4) is 5.75 Å². The van der Waals surface area contributed by atoms with E-state index in [1.54, 1.807) is 13.4 Å². The number of carbonyl (C=O) groups excluding carboxylic acids is 1. The maximum absolute atomic E-state index is 13.6. The van der Waals surface area contributed by atoms with Crippen molar-refractivity contribution in [2.24, 2.45) is 0 Å². The van der Waals surface area contributed by atoms with Crippen molar-refractivity contribution in [2.45, 2.75) is 51.5 Å². The number of aromatic nitrogens is 2. The van der Waals surface area contributed by atoms with Gasteiger partial charge in [0.1, 0.15) is 17.9 Å². The fraction of sp³-hybridized carbons (Fsp3) is 0.560. The van der Waals surface area contributed by atoms with Gasteiger partial charge < -0.3 is 19.9 Å². The first-order valence-corrected chi connectivity index (χ1v) is 11.7. The molecule has 1 aliphatic heterocycles. The summed E-state index contributed by atoms with van der Waals surface area (Å²) in [5.74, 6) is 2.35. The zero-order valence-corrected chi connectivity index (χ0v) is 19.7. The Labute approximate surface area is 191 Å². The van der Waals surface area contributed by atoms with Crippen molar-refractivity contribution < 1.29 is 9.53 Å². The van der Waals surface area contributed by atoms with Gasteiger partial charge in [0.2, 0.25) is 5.91 Å². The predicted octanol–water partition coefficient (Wildman–Crippen LogP) is 2.97. The summed E-state index contributed by atoms with van der Waals surface area (Å²) in [6, 6.07) is 8.19. The monoisotopic (exact) mass is 437 g/mol. The van der Waals surface area contributed by atoms with Crippen LogP contribution in [0.4, 0.5) is 5.82 Å². The van der Waals surface area contributed by atoms with Crippen LogP contribution in [-0.4, -0.2) is 66.7 Å². The molecule has 7 heteroatoms. The molecule has 0 bridgehead atoms. The minimum absolute atomic E-state index is 0.184. The molecule has 2 aliphatic rings. The average molecular weight is 438 g/mol. The van der Waals surface area contributed by atoms with Crippen LogP contribution in [0.2, 0.25) is 0 Å². The number of anilines is 1. The molecule has 7 nitrogen and oxygen atoms in total. The highest BCUT2D eigenvalue weighted by molar-refractivity contribution is 5.84. The summed E-state index contributed by atoms with van der Waals surface area (Å²) in [5.41, 5.74) is 3.53. The molecule has 2 atom stereocenters. The lowest BCUT2D eigenvalue weighted by Crippen LogP contribution is -2.51. The zero-order valence-electron chi connectivity index (χ0n) is 19.7. The third-order valence-electron chi connectivity index (χ3n) is 6.69. The minimum Gasteiger partial charge on any atom is -0.497 e. The summed E-state index contributed by atoms with van der Waals surface area (Å²) in [5, 5.41) is 3.45. The Kier molecular flexibility index (Phi) is 6.94. The second kappa shape index (κ2) is 9.86. The van der Waals surface area contributed by atoms with E-state index in [0.717, 1.165) is 43.1 Å². The molecule has 1 aromatic heterocycles. The van der Waals surface area contributed by atoms with E-state index in [1.165, 1.54) is 11.3 Å². The number of aryl methyl sites for hydroxylation is 1. The van der Waals surface area contributed by atoms with Crippen LogP contribution in [0.25, 0.3) is 0 Å². The molecule has 2 aromatic rings. The third kappa shape index (κ3) is 4.72. The smallest absolute Gasteiger partial charge is 0.231 e. The van der Waals surface area contributed by atoms with Crippen LogP contribution in [0, 0.1) is 0 Å². The van der Waals surface area contributed by atoms with Crippen LogP contribution in [0.1, 0.15) is 55.8 Å². The largest absolute Gasteiger partial charge is 0.497 e. The van der Waals surface area contributed by atoms with E-state index in [2.05, 4.69) is 41.0 Å². The predicted molar refractivity (Wildman–Crippen MR) is 126 cm³/mol. The van der Waals surface area contributed by atoms with Crippen LogP contribution >= 0.6 is 0 Å². The number of amides is 1. The van der Waals surface area contributed by atoms with Gasteiger partial charge in [0, 0.05) is 50.0 Å². The van der Waals surface area contributed by atoms with Gasteiger partial charge in [0.25, 0.3) is 0 Å². The van der Waals surface area contributed by atoms with Gasteiger partial charge in [-0.05, 0) is 36.5 Å². The Hall–Kier alpha value is -2.67. The van der Waals surface area contributed by atoms with Gasteiger partial charge in [-0.25, -0.2) is 9.97 Å². The van der Waals surface area contributed by atoms with Crippen molar-refractivity contribution in [2.75, 3.05) is 44.7 Å². The highest BCUT2D eigenvalue weighted by Crippen LogP contribution is 2.37. The van der Waals surface area contributed by atoms with Crippen LogP contribution in [0.5, 0.6) is 5.75 Å². The highest BCUT2D eigenvalue weighted by Gasteiger charge is 2.32. The molecule has 4 rings (SSSR count). The van der Waals surface area contributed by atoms with Gasteiger partial charge in [0.05, 0.1) is 13.0 Å². The number of piperazine rings is 1. The number of rotatable bonds is 7. The lowest BCUT2D eigenvalue weighted by atomic mass is 9.96. The number of fused-ring (bicyclic) bond motifs is 1. The van der Waals surface area contributed by atoms with Gasteiger partial charge in [-0.3, -0.25) is 4.79 Å². The lowest BCUT2D eigenvalue weighted by Gasteiger charge is -2.38. The molecular weight excluding hydrogens is 402 g/mol. The van der Waals surface area contributed by atoms with E-state index in [4.69, 9.17) is 4.74 Å². The van der Waals surface area contributed by atoms with Crippen LogP contribution in [0.15, 0.2) is 30.6 Å². The van der Waals surface area contributed by atoms with E-state index in [0.29, 0.717) is 31.6 Å². The Morgan fingerprint density at radius 1 is 1.16 bits per heavy atom. The topological polar surface area (TPSA) is 70.6 Å². The fourth-order valence-corrected chi connectivity index (χ4v) is 4.77. The molecule has 1 aliphatic carbocycles. The average Bonchev–Trinajstić information content (AvgIpc) is 3.20. The molecule has 0 radical (unpaired) electrons. The molecule has 0 spiro atoms. The van der Waals surface area contributed by atoms with Crippen molar-refractivity contribution in [1.29, 1.82) is 0 Å². The Morgan fingerprint density at radius 3 is 2.53 bits per heavy atom. The normalized spacial score (nSPS) is 19.2. The minimum atomic E-state index is -0.210. The van der Waals surface area contributed by atoms with Crippen LogP contribution in [-0.2, 0) is 11.2 Å². The Bertz CT molecular complexity index is 922. The highest BCUT2D eigenvalue weighted by atomic mass is 16.5. The number of hydrogen-bond donors (Lipinski definition) is 1. The molecule has 2 unspecified atom stereocenters. The zero-order chi connectivity index (χ0) is 22.7. The lowest BCUT2D eigenvalue weighted by molar-refractivity contribution is -0.133. The molecule has 1 aromatic carbocycles. The van der Waals surface area contributed by atoms with Crippen LogP contribution in [0.3, 0.4) is 0 Å². The number of hydrogen-bond acceptors (Lipinski definition) is 6. The number of nitrogens with zero attached hydrogens (tertiary/aromatic N) is 4. The summed E-state index contributed by atoms with van der Waals surface area (Å²) < 4.78 is 5.29. The second-order valence-corrected chi connectivity index (χ2v) is 9.20. The van der Waals surface area contributed by atoms with Gasteiger partial charge in [-0.15, -0.1) is 0 Å². The first kappa shape index (κ1) is 22.5. The van der Waals surface area contributed by atoms with E-state index in [1.807, 2.05) is 29.2 Å². The molecule has 32 heavy (non-hydrogen) atoms. The first-order valence-electron chi connectivity index (χ1n) is 11.7. The number of methoxy groups -OCH3 is 1. The Balaban J connectivity index is 1.46. The van der Waals surface area contributed by atoms with E-state index >= 15 is 0 Å². The molecule has 172 valence electrons. The second-order valence-electron chi connectivity index (χ2n) is 9.20. The van der Waals surface area contributed by atoms with Gasteiger partial charge in [0.15, 0.2) is 0 Å². The van der Waals surface area contributed by atoms with Gasteiger partial charge in [-0.1, -0.05) is 32.9 Å². The molecular formula is C25H35N5O2. The van der Waals surface area contributed by atoms with Crippen LogP contribution < -0.4 is 15.0 Å². The molecule has 1 fully saturated rings. The summed E-state index contributed by atoms with van der Waals surface area (Å²) in [6.07, 6.45) is 3.88. The van der Waals surface area contributed by atoms with Crippen molar-refractivity contribution >= 4 is 11.7 Å². The fourth-order valence-electron chi connectivity index (χ4n) is 4.77. The molecule has 1 amide bonds. The summed E-state index contributed by atoms with van der Waals surface area (Å²) in [7, 11) is 1.66. The number of nitrogens with one attached hydrogen (secondary N) is 1. The number of benzene rings is 1. The van der Waals surface area contributed by atoms with Crippen molar-refractivity contribution in [3.63, 3.8) is 0 Å². The van der Waals surface area contributed by atoms with E-state index < -0.39 is 0 Å². The van der Waals surface area contributed by atoms with Gasteiger partial charge in [-0.2, -0.15) is 0 Å². The molecule has 1 N–H and O–H groups in total. The van der Waals surface area contributed by atoms with Crippen molar-refractivity contribution in [1.82, 2.24) is 20.2 Å². The standard InChI is InChI=1S/C25H35N5O2/c1-17(2)26-15-21(19-6-8-20(32-4)9-7-19)25(31)30-13-11-29(12-14-30)24-23-18(3)5-10-22(23)27-16-28-24/h6-9,16-18,21,26H,5,10-15H2,1-4H3.